The van der Waals surface area contributed by atoms with E-state index < -0.39 is 20.0 Å². The van der Waals surface area contributed by atoms with Gasteiger partial charge in [-0.2, -0.15) is 0 Å². The first-order chi connectivity index (χ1) is 33.0. The first-order valence-electron chi connectivity index (χ1n) is 28.3. The molecule has 0 aromatic heterocycles. The lowest BCUT2D eigenvalue weighted by Crippen LogP contribution is -2.45. The number of amides is 1. The van der Waals surface area contributed by atoms with Crippen LogP contribution in [-0.4, -0.2) is 73.4 Å². The molecule has 0 radical (unpaired) electrons. The van der Waals surface area contributed by atoms with Crippen LogP contribution in [0.3, 0.4) is 0 Å². The van der Waals surface area contributed by atoms with Gasteiger partial charge in [0, 0.05) is 6.42 Å². The van der Waals surface area contributed by atoms with Crippen molar-refractivity contribution in [1.82, 2.24) is 5.32 Å². The van der Waals surface area contributed by atoms with E-state index in [1.165, 1.54) is 161 Å². The minimum absolute atomic E-state index is 0.0449. The Morgan fingerprint density at radius 3 is 1.35 bits per heavy atom. The van der Waals surface area contributed by atoms with E-state index in [-0.39, 0.29) is 19.1 Å². The van der Waals surface area contributed by atoms with Crippen molar-refractivity contribution in [2.24, 2.45) is 0 Å². The average molecular weight is 975 g/mol. The minimum Gasteiger partial charge on any atom is -0.387 e. The Balaban J connectivity index is 4.20. The van der Waals surface area contributed by atoms with Gasteiger partial charge in [0.25, 0.3) is 0 Å². The third-order valence-corrected chi connectivity index (χ3v) is 13.4. The molecule has 0 aliphatic carbocycles. The van der Waals surface area contributed by atoms with Gasteiger partial charge >= 0.3 is 7.82 Å². The summed E-state index contributed by atoms with van der Waals surface area (Å²) in [6.07, 6.45) is 68.9. The maximum Gasteiger partial charge on any atom is 0.472 e. The molecule has 0 bridgehead atoms. The number of nitrogens with one attached hydrogen (secondary N) is 1. The molecule has 0 spiro atoms. The van der Waals surface area contributed by atoms with E-state index in [1.807, 2.05) is 27.2 Å². The van der Waals surface area contributed by atoms with Crippen LogP contribution in [0.1, 0.15) is 245 Å². The Morgan fingerprint density at radius 1 is 0.515 bits per heavy atom. The number of hydrogen-bond acceptors (Lipinski definition) is 5. The fourth-order valence-electron chi connectivity index (χ4n) is 7.99. The van der Waals surface area contributed by atoms with Gasteiger partial charge in [0.1, 0.15) is 13.2 Å². The number of quaternary nitrogens is 1. The second kappa shape index (κ2) is 49.9. The molecular formula is C59H110N2O6P+. The van der Waals surface area contributed by atoms with Gasteiger partial charge in [0.15, 0.2) is 0 Å². The fourth-order valence-corrected chi connectivity index (χ4v) is 8.73. The van der Waals surface area contributed by atoms with Crippen molar-refractivity contribution >= 4 is 13.7 Å². The first-order valence-corrected chi connectivity index (χ1v) is 29.8. The molecule has 3 atom stereocenters. The summed E-state index contributed by atoms with van der Waals surface area (Å²) in [6.45, 7) is 4.65. The number of phosphoric ester groups is 1. The zero-order valence-corrected chi connectivity index (χ0v) is 46.0. The monoisotopic (exact) mass is 974 g/mol. The first kappa shape index (κ1) is 65.9. The van der Waals surface area contributed by atoms with Crippen molar-refractivity contribution in [2.45, 2.75) is 257 Å². The van der Waals surface area contributed by atoms with Crippen LogP contribution in [0.4, 0.5) is 0 Å². The summed E-state index contributed by atoms with van der Waals surface area (Å²) in [5.41, 5.74) is 0. The highest BCUT2D eigenvalue weighted by Gasteiger charge is 2.27. The maximum absolute atomic E-state index is 12.9. The van der Waals surface area contributed by atoms with Crippen molar-refractivity contribution in [3.8, 4) is 0 Å². The number of allylic oxidation sites excluding steroid dienone is 11. The molecule has 0 saturated carbocycles. The SMILES string of the molecule is CC/C=C\C/C=C\C/C=C\C/C=C\CCCCC(=O)NC(COP(=O)(O)OCC[N+](C)(C)C)C(O)/C=C/CC/C=C/CCCCCCCCCCCCCCCCCCCCCCCCCCC. The molecule has 0 rings (SSSR count). The molecule has 0 saturated heterocycles. The molecule has 3 N–H and O–H groups in total. The second-order valence-electron chi connectivity index (χ2n) is 20.3. The summed E-state index contributed by atoms with van der Waals surface area (Å²) in [5, 5.41) is 13.9. The molecule has 0 aliphatic heterocycles. The zero-order valence-electron chi connectivity index (χ0n) is 45.1. The summed E-state index contributed by atoms with van der Waals surface area (Å²) < 4.78 is 23.6. The molecule has 0 aromatic rings. The molecule has 8 nitrogen and oxygen atoms in total. The molecule has 9 heteroatoms. The van der Waals surface area contributed by atoms with Gasteiger partial charge in [-0.1, -0.05) is 241 Å². The third-order valence-electron chi connectivity index (χ3n) is 12.4. The molecular weight excluding hydrogens is 864 g/mol. The smallest absolute Gasteiger partial charge is 0.387 e. The molecule has 68 heavy (non-hydrogen) atoms. The van der Waals surface area contributed by atoms with Gasteiger partial charge in [-0.15, -0.1) is 0 Å². The van der Waals surface area contributed by atoms with Gasteiger partial charge in [0.2, 0.25) is 5.91 Å². The van der Waals surface area contributed by atoms with Gasteiger partial charge in [-0.3, -0.25) is 13.8 Å². The lowest BCUT2D eigenvalue weighted by atomic mass is 10.0. The number of nitrogens with zero attached hydrogens (tertiary/aromatic N) is 1. The van der Waals surface area contributed by atoms with Crippen molar-refractivity contribution in [2.75, 3.05) is 40.9 Å². The minimum atomic E-state index is -4.37. The van der Waals surface area contributed by atoms with E-state index in [4.69, 9.17) is 9.05 Å². The second-order valence-corrected chi connectivity index (χ2v) is 21.7. The van der Waals surface area contributed by atoms with E-state index in [0.29, 0.717) is 23.9 Å². The average Bonchev–Trinajstić information content (AvgIpc) is 3.30. The standard InChI is InChI=1S/C59H109N2O6P/c1-6-8-10-12-14-16-18-20-22-23-24-25-26-27-28-29-30-31-32-33-34-35-36-37-39-40-42-44-46-48-50-52-58(62)57(56-67-68(64,65)66-55-54-61(3,4)5)60-59(63)53-51-49-47-45-43-41-38-21-19-17-15-13-11-9-7-2/h9,11,15,17,21,38,42-45,50,52,57-58,62H,6-8,10,12-14,16,18-20,22-37,39-41,46-49,51,53-56H2,1-5H3,(H-,60,63,64,65)/p+1/b11-9-,17-15-,38-21-,44-42+,45-43-,52-50+. The lowest BCUT2D eigenvalue weighted by molar-refractivity contribution is -0.870. The Kier molecular flexibility index (Phi) is 48.4. The third kappa shape index (κ3) is 51.8. The van der Waals surface area contributed by atoms with Crippen molar-refractivity contribution in [3.63, 3.8) is 0 Å². The summed E-state index contributed by atoms with van der Waals surface area (Å²) in [5.74, 6) is -0.228. The summed E-state index contributed by atoms with van der Waals surface area (Å²) in [6, 6.07) is -0.889. The highest BCUT2D eigenvalue weighted by atomic mass is 31.2. The van der Waals surface area contributed by atoms with Crippen LogP contribution in [0.5, 0.6) is 0 Å². The molecule has 3 unspecified atom stereocenters. The van der Waals surface area contributed by atoms with Crippen molar-refractivity contribution < 1.29 is 32.9 Å². The van der Waals surface area contributed by atoms with Gasteiger partial charge in [-0.05, 0) is 70.6 Å². The molecule has 0 heterocycles. The van der Waals surface area contributed by atoms with E-state index in [2.05, 4.69) is 79.9 Å². The van der Waals surface area contributed by atoms with Gasteiger partial charge in [0.05, 0.1) is 39.9 Å². The number of rotatable bonds is 51. The van der Waals surface area contributed by atoms with Crippen LogP contribution in [0.25, 0.3) is 0 Å². The number of carbonyl (C=O) groups is 1. The van der Waals surface area contributed by atoms with Crippen LogP contribution in [0.15, 0.2) is 72.9 Å². The Morgan fingerprint density at radius 2 is 0.897 bits per heavy atom. The predicted molar refractivity (Wildman–Crippen MR) is 295 cm³/mol. The van der Waals surface area contributed by atoms with E-state index in [9.17, 15) is 19.4 Å². The Labute approximate surface area is 421 Å². The van der Waals surface area contributed by atoms with Crippen LogP contribution in [0.2, 0.25) is 0 Å². The highest BCUT2D eigenvalue weighted by Crippen LogP contribution is 2.43. The van der Waals surface area contributed by atoms with Crippen LogP contribution in [-0.2, 0) is 18.4 Å². The van der Waals surface area contributed by atoms with E-state index >= 15 is 0 Å². The molecule has 396 valence electrons. The van der Waals surface area contributed by atoms with E-state index in [1.54, 1.807) is 6.08 Å². The predicted octanol–water partition coefficient (Wildman–Crippen LogP) is 17.1. The Hall–Kier alpha value is -2.06. The molecule has 1 amide bonds. The number of unbranched alkanes of at least 4 members (excludes halogenated alkanes) is 28. The quantitative estimate of drug-likeness (QED) is 0.0243. The van der Waals surface area contributed by atoms with Crippen LogP contribution < -0.4 is 5.32 Å². The maximum atomic E-state index is 12.9. The highest BCUT2D eigenvalue weighted by molar-refractivity contribution is 7.47. The van der Waals surface area contributed by atoms with Gasteiger partial charge < -0.3 is 19.8 Å². The van der Waals surface area contributed by atoms with Crippen molar-refractivity contribution in [1.29, 1.82) is 0 Å². The van der Waals surface area contributed by atoms with Gasteiger partial charge in [-0.25, -0.2) is 4.57 Å². The lowest BCUT2D eigenvalue weighted by Gasteiger charge is -2.25. The number of hydrogen-bond donors (Lipinski definition) is 3. The molecule has 0 aliphatic rings. The summed E-state index contributed by atoms with van der Waals surface area (Å²) in [4.78, 5) is 23.2. The summed E-state index contributed by atoms with van der Waals surface area (Å²) in [7, 11) is 1.52. The number of carbonyl (C=O) groups excluding carboxylic acids is 1. The molecule has 0 aromatic carbocycles. The number of aliphatic hydroxyl groups excluding tert-OH is 1. The van der Waals surface area contributed by atoms with E-state index in [0.717, 1.165) is 57.8 Å². The largest absolute Gasteiger partial charge is 0.472 e. The van der Waals surface area contributed by atoms with Crippen LogP contribution >= 0.6 is 7.82 Å². The topological polar surface area (TPSA) is 105 Å². The number of aliphatic hydroxyl groups is 1. The molecule has 0 fully saturated rings. The van der Waals surface area contributed by atoms with Crippen molar-refractivity contribution in [3.05, 3.63) is 72.9 Å². The number of phosphoric acid groups is 1. The summed E-state index contributed by atoms with van der Waals surface area (Å²) >= 11 is 0. The zero-order chi connectivity index (χ0) is 49.9. The fraction of sp³-hybridized carbons (Fsp3) is 0.780. The number of likely N-dealkylation sites (N-methyl/N-ethyl adjacent to an activating group) is 1. The van der Waals surface area contributed by atoms with Crippen LogP contribution in [0, 0.1) is 0 Å². The Bertz CT molecular complexity index is 1330. The normalized spacial score (nSPS) is 14.5.